The highest BCUT2D eigenvalue weighted by molar-refractivity contribution is 7.87. The van der Waals surface area contributed by atoms with Gasteiger partial charge in [0.2, 0.25) is 0 Å². The van der Waals surface area contributed by atoms with E-state index in [1.54, 1.807) is 0 Å². The molecule has 1 aliphatic carbocycles. The molecule has 16 heavy (non-hydrogen) atoms. The van der Waals surface area contributed by atoms with E-state index >= 15 is 0 Å². The lowest BCUT2D eigenvalue weighted by molar-refractivity contribution is 0.417. The molecule has 0 saturated heterocycles. The van der Waals surface area contributed by atoms with Crippen molar-refractivity contribution in [2.75, 3.05) is 25.5 Å². The molecule has 0 spiro atoms. The highest BCUT2D eigenvalue weighted by Gasteiger charge is 2.42. The molecule has 0 amide bonds. The minimum absolute atomic E-state index is 0.141. The zero-order chi connectivity index (χ0) is 12.2. The lowest BCUT2D eigenvalue weighted by Gasteiger charge is -2.21. The van der Waals surface area contributed by atoms with Gasteiger partial charge in [0.25, 0.3) is 10.2 Å². The number of nitrogens with zero attached hydrogens (tertiary/aromatic N) is 1. The molecule has 1 aliphatic rings. The standard InChI is InChI=1S/C10H21ClN2O2S/c1-3-13(4-2)16(14,15)12-9-10(5-6-10)7-8-11/h12H,3-9H2,1-2H3. The normalized spacial score (nSPS) is 19.0. The first-order valence-electron chi connectivity index (χ1n) is 5.80. The Hall–Kier alpha value is 0.160. The molecular weight excluding hydrogens is 248 g/mol. The van der Waals surface area contributed by atoms with Crippen LogP contribution in [0.2, 0.25) is 0 Å². The predicted octanol–water partition coefficient (Wildman–Crippen LogP) is 1.57. The van der Waals surface area contributed by atoms with Crippen molar-refractivity contribution in [2.45, 2.75) is 33.1 Å². The van der Waals surface area contributed by atoms with Crippen LogP contribution in [-0.2, 0) is 10.2 Å². The lowest BCUT2D eigenvalue weighted by atomic mass is 10.1. The van der Waals surface area contributed by atoms with Crippen LogP contribution in [0.4, 0.5) is 0 Å². The molecule has 4 nitrogen and oxygen atoms in total. The van der Waals surface area contributed by atoms with E-state index in [0.717, 1.165) is 19.3 Å². The summed E-state index contributed by atoms with van der Waals surface area (Å²) in [4.78, 5) is 0. The number of rotatable bonds is 8. The molecule has 0 aromatic rings. The highest BCUT2D eigenvalue weighted by Crippen LogP contribution is 2.48. The van der Waals surface area contributed by atoms with Crippen LogP contribution in [0, 0.1) is 5.41 Å². The summed E-state index contributed by atoms with van der Waals surface area (Å²) in [5.74, 6) is 0.604. The zero-order valence-electron chi connectivity index (χ0n) is 10.00. The largest absolute Gasteiger partial charge is 0.279 e. The van der Waals surface area contributed by atoms with E-state index in [9.17, 15) is 8.42 Å². The van der Waals surface area contributed by atoms with Crippen molar-refractivity contribution < 1.29 is 8.42 Å². The van der Waals surface area contributed by atoms with E-state index in [1.165, 1.54) is 4.31 Å². The average molecular weight is 269 g/mol. The Labute approximate surface area is 104 Å². The van der Waals surface area contributed by atoms with Gasteiger partial charge in [0, 0.05) is 25.5 Å². The van der Waals surface area contributed by atoms with Gasteiger partial charge >= 0.3 is 0 Å². The van der Waals surface area contributed by atoms with Crippen molar-refractivity contribution in [1.82, 2.24) is 9.03 Å². The van der Waals surface area contributed by atoms with Gasteiger partial charge in [0.05, 0.1) is 0 Å². The number of halogens is 1. The fourth-order valence-corrected chi connectivity index (χ4v) is 3.54. The van der Waals surface area contributed by atoms with Gasteiger partial charge in [-0.3, -0.25) is 0 Å². The third-order valence-corrected chi connectivity index (χ3v) is 5.15. The molecule has 0 atom stereocenters. The van der Waals surface area contributed by atoms with Crippen molar-refractivity contribution in [3.63, 3.8) is 0 Å². The van der Waals surface area contributed by atoms with E-state index in [1.807, 2.05) is 13.8 Å². The maximum absolute atomic E-state index is 11.9. The van der Waals surface area contributed by atoms with Crippen LogP contribution >= 0.6 is 11.6 Å². The molecule has 96 valence electrons. The maximum atomic E-state index is 11.9. The summed E-state index contributed by atoms with van der Waals surface area (Å²) in [7, 11) is -3.29. The second kappa shape index (κ2) is 5.67. The Morgan fingerprint density at radius 1 is 1.31 bits per heavy atom. The Kier molecular flexibility index (Phi) is 5.04. The summed E-state index contributed by atoms with van der Waals surface area (Å²) in [6.45, 7) is 5.23. The summed E-state index contributed by atoms with van der Waals surface area (Å²) in [5, 5.41) is 0. The van der Waals surface area contributed by atoms with Gasteiger partial charge in [-0.05, 0) is 24.7 Å². The van der Waals surface area contributed by atoms with Gasteiger partial charge in [-0.15, -0.1) is 11.6 Å². The van der Waals surface area contributed by atoms with Crippen LogP contribution < -0.4 is 4.72 Å². The SMILES string of the molecule is CCN(CC)S(=O)(=O)NCC1(CCCl)CC1. The molecule has 0 heterocycles. The van der Waals surface area contributed by atoms with E-state index in [4.69, 9.17) is 11.6 Å². The number of alkyl halides is 1. The summed E-state index contributed by atoms with van der Waals surface area (Å²) in [6, 6.07) is 0. The number of nitrogens with one attached hydrogen (secondary N) is 1. The van der Waals surface area contributed by atoms with Crippen molar-refractivity contribution in [3.05, 3.63) is 0 Å². The molecule has 0 aromatic heterocycles. The summed E-state index contributed by atoms with van der Waals surface area (Å²) in [5.41, 5.74) is 0.141. The number of hydrogen-bond acceptors (Lipinski definition) is 2. The maximum Gasteiger partial charge on any atom is 0.279 e. The monoisotopic (exact) mass is 268 g/mol. The Balaban J connectivity index is 2.48. The Bertz CT molecular complexity index is 311. The molecule has 1 rings (SSSR count). The molecule has 1 fully saturated rings. The molecule has 1 saturated carbocycles. The van der Waals surface area contributed by atoms with Crippen LogP contribution in [0.25, 0.3) is 0 Å². The van der Waals surface area contributed by atoms with Crippen molar-refractivity contribution in [3.8, 4) is 0 Å². The first-order valence-corrected chi connectivity index (χ1v) is 7.78. The van der Waals surface area contributed by atoms with Crippen LogP contribution in [-0.4, -0.2) is 38.2 Å². The lowest BCUT2D eigenvalue weighted by Crippen LogP contribution is -2.42. The first-order chi connectivity index (χ1) is 7.49. The van der Waals surface area contributed by atoms with Crippen LogP contribution in [0.5, 0.6) is 0 Å². The summed E-state index contributed by atoms with van der Waals surface area (Å²) in [6.07, 6.45) is 3.07. The average Bonchev–Trinajstić information content (AvgIpc) is 2.98. The van der Waals surface area contributed by atoms with Crippen molar-refractivity contribution in [2.24, 2.45) is 5.41 Å². The Morgan fingerprint density at radius 2 is 1.88 bits per heavy atom. The van der Waals surface area contributed by atoms with E-state index in [-0.39, 0.29) is 5.41 Å². The molecule has 6 heteroatoms. The molecule has 0 bridgehead atoms. The zero-order valence-corrected chi connectivity index (χ0v) is 11.6. The second-order valence-corrected chi connectivity index (χ2v) is 6.48. The van der Waals surface area contributed by atoms with Gasteiger partial charge in [-0.2, -0.15) is 12.7 Å². The predicted molar refractivity (Wildman–Crippen MR) is 66.8 cm³/mol. The summed E-state index contributed by atoms with van der Waals surface area (Å²) < 4.78 is 27.8. The molecular formula is C10H21ClN2O2S. The van der Waals surface area contributed by atoms with E-state index < -0.39 is 10.2 Å². The van der Waals surface area contributed by atoms with Crippen LogP contribution in [0.15, 0.2) is 0 Å². The van der Waals surface area contributed by atoms with Gasteiger partial charge in [0.15, 0.2) is 0 Å². The first kappa shape index (κ1) is 14.2. The third-order valence-electron chi connectivity index (χ3n) is 3.26. The quantitative estimate of drug-likeness (QED) is 0.680. The second-order valence-electron chi connectivity index (χ2n) is 4.35. The van der Waals surface area contributed by atoms with E-state index in [0.29, 0.717) is 25.5 Å². The fourth-order valence-electron chi connectivity index (χ4n) is 1.79. The molecule has 0 radical (unpaired) electrons. The fraction of sp³-hybridized carbons (Fsp3) is 1.00. The van der Waals surface area contributed by atoms with Crippen LogP contribution in [0.1, 0.15) is 33.1 Å². The molecule has 0 aliphatic heterocycles. The smallest absolute Gasteiger partial charge is 0.202 e. The summed E-state index contributed by atoms with van der Waals surface area (Å²) >= 11 is 5.71. The van der Waals surface area contributed by atoms with Gasteiger partial charge in [-0.25, -0.2) is 4.72 Å². The van der Waals surface area contributed by atoms with Crippen molar-refractivity contribution in [1.29, 1.82) is 0 Å². The molecule has 0 unspecified atom stereocenters. The minimum Gasteiger partial charge on any atom is -0.202 e. The minimum atomic E-state index is -3.29. The van der Waals surface area contributed by atoms with Gasteiger partial charge in [-0.1, -0.05) is 13.8 Å². The van der Waals surface area contributed by atoms with Gasteiger partial charge in [0.1, 0.15) is 0 Å². The topological polar surface area (TPSA) is 49.4 Å². The van der Waals surface area contributed by atoms with Gasteiger partial charge < -0.3 is 0 Å². The third kappa shape index (κ3) is 3.58. The van der Waals surface area contributed by atoms with E-state index in [2.05, 4.69) is 4.72 Å². The van der Waals surface area contributed by atoms with Crippen LogP contribution in [0.3, 0.4) is 0 Å². The number of hydrogen-bond donors (Lipinski definition) is 1. The molecule has 1 N–H and O–H groups in total. The van der Waals surface area contributed by atoms with Crippen molar-refractivity contribution >= 4 is 21.8 Å². The molecule has 0 aromatic carbocycles. The Morgan fingerprint density at radius 3 is 2.25 bits per heavy atom. The highest BCUT2D eigenvalue weighted by atomic mass is 35.5.